The van der Waals surface area contributed by atoms with Crippen molar-refractivity contribution in [2.75, 3.05) is 26.7 Å². The molecule has 1 N–H and O–H groups in total. The second-order valence-corrected chi connectivity index (χ2v) is 5.90. The highest BCUT2D eigenvalue weighted by molar-refractivity contribution is 5.24. The van der Waals surface area contributed by atoms with Gasteiger partial charge in [0, 0.05) is 19.1 Å². The molecule has 0 amide bonds. The van der Waals surface area contributed by atoms with Crippen molar-refractivity contribution in [3.8, 4) is 0 Å². The maximum absolute atomic E-state index is 3.47. The Morgan fingerprint density at radius 2 is 1.95 bits per heavy atom. The van der Waals surface area contributed by atoms with Crippen LogP contribution in [-0.4, -0.2) is 31.6 Å². The van der Waals surface area contributed by atoms with E-state index in [-0.39, 0.29) is 0 Å². The van der Waals surface area contributed by atoms with Crippen molar-refractivity contribution in [2.45, 2.75) is 39.2 Å². The molecular formula is C17H28N2. The van der Waals surface area contributed by atoms with E-state index < -0.39 is 0 Å². The number of likely N-dealkylation sites (N-methyl/N-ethyl adjacent to an activating group) is 2. The fourth-order valence-corrected chi connectivity index (χ4v) is 2.79. The van der Waals surface area contributed by atoms with E-state index in [1.165, 1.54) is 36.9 Å². The molecule has 106 valence electrons. The van der Waals surface area contributed by atoms with Crippen LogP contribution in [0, 0.1) is 12.8 Å². The van der Waals surface area contributed by atoms with Gasteiger partial charge in [-0.2, -0.15) is 0 Å². The molecule has 0 radical (unpaired) electrons. The lowest BCUT2D eigenvalue weighted by Crippen LogP contribution is -2.38. The monoisotopic (exact) mass is 260 g/mol. The first-order chi connectivity index (χ1) is 9.22. The fourth-order valence-electron chi connectivity index (χ4n) is 2.79. The van der Waals surface area contributed by atoms with Crippen LogP contribution in [0.3, 0.4) is 0 Å². The topological polar surface area (TPSA) is 15.3 Å². The molecule has 0 spiro atoms. The number of rotatable bonds is 7. The van der Waals surface area contributed by atoms with E-state index >= 15 is 0 Å². The van der Waals surface area contributed by atoms with E-state index in [9.17, 15) is 0 Å². The van der Waals surface area contributed by atoms with Gasteiger partial charge in [-0.3, -0.25) is 0 Å². The summed E-state index contributed by atoms with van der Waals surface area (Å²) >= 11 is 0. The van der Waals surface area contributed by atoms with Gasteiger partial charge in [0.1, 0.15) is 0 Å². The van der Waals surface area contributed by atoms with Crippen molar-refractivity contribution in [3.05, 3.63) is 35.4 Å². The van der Waals surface area contributed by atoms with Crippen LogP contribution < -0.4 is 5.32 Å². The van der Waals surface area contributed by atoms with Crippen LogP contribution in [0.5, 0.6) is 0 Å². The highest BCUT2D eigenvalue weighted by Crippen LogP contribution is 2.27. The van der Waals surface area contributed by atoms with Crippen LogP contribution in [0.15, 0.2) is 24.3 Å². The number of nitrogens with zero attached hydrogens (tertiary/aromatic N) is 1. The molecular weight excluding hydrogens is 232 g/mol. The Kier molecular flexibility index (Phi) is 5.41. The minimum absolute atomic E-state index is 0.445. The smallest absolute Gasteiger partial charge is 0.0446 e. The summed E-state index contributed by atoms with van der Waals surface area (Å²) in [5.74, 6) is 0.954. The van der Waals surface area contributed by atoms with Gasteiger partial charge in [-0.15, -0.1) is 0 Å². The molecule has 1 aromatic carbocycles. The summed E-state index contributed by atoms with van der Waals surface area (Å²) in [4.78, 5) is 2.60. The molecule has 2 heteroatoms. The van der Waals surface area contributed by atoms with Crippen molar-refractivity contribution >= 4 is 0 Å². The molecule has 0 bridgehead atoms. The van der Waals surface area contributed by atoms with Gasteiger partial charge in [-0.1, -0.05) is 43.2 Å². The lowest BCUT2D eigenvalue weighted by Gasteiger charge is -2.33. The maximum atomic E-state index is 3.47. The van der Waals surface area contributed by atoms with Crippen molar-refractivity contribution in [1.82, 2.24) is 10.2 Å². The van der Waals surface area contributed by atoms with Crippen LogP contribution in [0.25, 0.3) is 0 Å². The molecule has 2 nitrogen and oxygen atoms in total. The van der Waals surface area contributed by atoms with Crippen molar-refractivity contribution in [1.29, 1.82) is 0 Å². The van der Waals surface area contributed by atoms with Gasteiger partial charge in [0.05, 0.1) is 0 Å². The zero-order valence-corrected chi connectivity index (χ0v) is 12.7. The molecule has 1 atom stereocenters. The molecule has 0 saturated heterocycles. The lowest BCUT2D eigenvalue weighted by atomic mass is 9.85. The van der Waals surface area contributed by atoms with E-state index in [0.29, 0.717) is 6.04 Å². The summed E-state index contributed by atoms with van der Waals surface area (Å²) in [6.07, 6.45) is 4.31. The number of aryl methyl sites for hydroxylation is 1. The fraction of sp³-hybridized carbons (Fsp3) is 0.647. The predicted molar refractivity (Wildman–Crippen MR) is 82.4 cm³/mol. The first-order valence-corrected chi connectivity index (χ1v) is 7.69. The van der Waals surface area contributed by atoms with E-state index in [4.69, 9.17) is 0 Å². The first kappa shape index (κ1) is 14.5. The van der Waals surface area contributed by atoms with Gasteiger partial charge in [-0.25, -0.2) is 0 Å². The highest BCUT2D eigenvalue weighted by Gasteiger charge is 2.21. The molecule has 2 rings (SSSR count). The second kappa shape index (κ2) is 7.06. The summed E-state index contributed by atoms with van der Waals surface area (Å²) in [5.41, 5.74) is 2.74. The Bertz CT molecular complexity index is 367. The number of nitrogens with one attached hydrogen (secondary N) is 1. The quantitative estimate of drug-likeness (QED) is 0.808. The number of benzene rings is 1. The minimum atomic E-state index is 0.445. The SMILES string of the molecule is CCN(CC1CCC1)CC(NC)c1ccc(C)cc1. The Morgan fingerprint density at radius 1 is 1.26 bits per heavy atom. The average molecular weight is 260 g/mol. The van der Waals surface area contributed by atoms with Gasteiger partial charge in [0.15, 0.2) is 0 Å². The molecule has 1 aromatic rings. The van der Waals surface area contributed by atoms with Crippen LogP contribution in [0.1, 0.15) is 43.4 Å². The van der Waals surface area contributed by atoms with Crippen LogP contribution in [-0.2, 0) is 0 Å². The minimum Gasteiger partial charge on any atom is -0.312 e. The molecule has 1 unspecified atom stereocenters. The Hall–Kier alpha value is -0.860. The standard InChI is InChI=1S/C17H28N2/c1-4-19(12-15-6-5-7-15)13-17(18-3)16-10-8-14(2)9-11-16/h8-11,15,17-18H,4-7,12-13H2,1-3H3. The molecule has 0 aliphatic heterocycles. The number of hydrogen-bond acceptors (Lipinski definition) is 2. The Labute approximate surface area is 118 Å². The van der Waals surface area contributed by atoms with E-state index in [1.54, 1.807) is 0 Å². The van der Waals surface area contributed by atoms with Crippen LogP contribution in [0.4, 0.5) is 0 Å². The lowest BCUT2D eigenvalue weighted by molar-refractivity contribution is 0.172. The summed E-state index contributed by atoms with van der Waals surface area (Å²) in [6, 6.07) is 9.38. The van der Waals surface area contributed by atoms with Gasteiger partial charge in [0.25, 0.3) is 0 Å². The predicted octanol–water partition coefficient (Wildman–Crippen LogP) is 3.38. The third kappa shape index (κ3) is 4.05. The van der Waals surface area contributed by atoms with Crippen LogP contribution >= 0.6 is 0 Å². The van der Waals surface area contributed by atoms with E-state index in [1.807, 2.05) is 0 Å². The summed E-state index contributed by atoms with van der Waals surface area (Å²) in [7, 11) is 2.07. The second-order valence-electron chi connectivity index (χ2n) is 5.90. The van der Waals surface area contributed by atoms with Gasteiger partial charge < -0.3 is 10.2 Å². The van der Waals surface area contributed by atoms with E-state index in [2.05, 4.69) is 55.4 Å². The van der Waals surface area contributed by atoms with Crippen molar-refractivity contribution in [3.63, 3.8) is 0 Å². The van der Waals surface area contributed by atoms with Crippen LogP contribution in [0.2, 0.25) is 0 Å². The van der Waals surface area contributed by atoms with E-state index in [0.717, 1.165) is 19.0 Å². The summed E-state index contributed by atoms with van der Waals surface area (Å²) < 4.78 is 0. The largest absolute Gasteiger partial charge is 0.312 e. The molecule has 1 fully saturated rings. The number of hydrogen-bond donors (Lipinski definition) is 1. The molecule has 1 saturated carbocycles. The Balaban J connectivity index is 1.94. The maximum Gasteiger partial charge on any atom is 0.0446 e. The summed E-state index contributed by atoms with van der Waals surface area (Å²) in [6.45, 7) is 7.97. The molecule has 19 heavy (non-hydrogen) atoms. The third-order valence-corrected chi connectivity index (χ3v) is 4.46. The van der Waals surface area contributed by atoms with Gasteiger partial charge in [0.2, 0.25) is 0 Å². The zero-order valence-electron chi connectivity index (χ0n) is 12.7. The summed E-state index contributed by atoms with van der Waals surface area (Å²) in [5, 5.41) is 3.47. The highest BCUT2D eigenvalue weighted by atomic mass is 15.1. The molecule has 0 aromatic heterocycles. The normalized spacial score (nSPS) is 17.5. The zero-order chi connectivity index (χ0) is 13.7. The van der Waals surface area contributed by atoms with Gasteiger partial charge in [-0.05, 0) is 44.8 Å². The molecule has 1 aliphatic carbocycles. The van der Waals surface area contributed by atoms with Gasteiger partial charge >= 0.3 is 0 Å². The van der Waals surface area contributed by atoms with Crippen molar-refractivity contribution < 1.29 is 0 Å². The van der Waals surface area contributed by atoms with Crippen molar-refractivity contribution in [2.24, 2.45) is 5.92 Å². The molecule has 1 aliphatic rings. The third-order valence-electron chi connectivity index (χ3n) is 4.46. The molecule has 0 heterocycles. The average Bonchev–Trinajstić information content (AvgIpc) is 2.38. The first-order valence-electron chi connectivity index (χ1n) is 7.69. The Morgan fingerprint density at radius 3 is 2.42 bits per heavy atom.